The van der Waals surface area contributed by atoms with Crippen LogP contribution in [-0.4, -0.2) is 56.9 Å². The SMILES string of the molecule is COc1nn(C)cc1C(=O)N1CCC[C@H](Oc2cnccn2)C1. The van der Waals surface area contributed by atoms with Crippen molar-refractivity contribution in [3.63, 3.8) is 0 Å². The first-order valence-corrected chi connectivity index (χ1v) is 7.47. The van der Waals surface area contributed by atoms with Crippen molar-refractivity contribution in [1.82, 2.24) is 24.6 Å². The molecule has 1 atom stereocenters. The second-order valence-electron chi connectivity index (χ2n) is 5.40. The molecule has 0 aromatic carbocycles. The standard InChI is InChI=1S/C15H19N5O3/c1-19-10-12(14(18-19)22-2)15(21)20-7-3-4-11(9-20)23-13-8-16-5-6-17-13/h5-6,8,10-11H,3-4,7,9H2,1-2H3/t11-/m0/s1. The van der Waals surface area contributed by atoms with Gasteiger partial charge in [0.25, 0.3) is 5.91 Å². The summed E-state index contributed by atoms with van der Waals surface area (Å²) in [5, 5.41) is 4.13. The highest BCUT2D eigenvalue weighted by atomic mass is 16.5. The van der Waals surface area contributed by atoms with Crippen molar-refractivity contribution in [1.29, 1.82) is 0 Å². The number of hydrogen-bond acceptors (Lipinski definition) is 6. The fourth-order valence-electron chi connectivity index (χ4n) is 2.67. The molecule has 8 heteroatoms. The molecule has 1 amide bonds. The number of nitrogens with zero attached hydrogens (tertiary/aromatic N) is 5. The van der Waals surface area contributed by atoms with Crippen molar-refractivity contribution in [3.05, 3.63) is 30.4 Å². The van der Waals surface area contributed by atoms with E-state index in [1.807, 2.05) is 0 Å². The van der Waals surface area contributed by atoms with E-state index in [0.29, 0.717) is 30.4 Å². The van der Waals surface area contributed by atoms with Gasteiger partial charge in [0.2, 0.25) is 11.8 Å². The van der Waals surface area contributed by atoms with Gasteiger partial charge >= 0.3 is 0 Å². The van der Waals surface area contributed by atoms with E-state index in [0.717, 1.165) is 12.8 Å². The van der Waals surface area contributed by atoms with Gasteiger partial charge in [-0.1, -0.05) is 0 Å². The van der Waals surface area contributed by atoms with Gasteiger partial charge in [-0.3, -0.25) is 14.5 Å². The Morgan fingerprint density at radius 3 is 3.00 bits per heavy atom. The average Bonchev–Trinajstić information content (AvgIpc) is 2.96. The minimum absolute atomic E-state index is 0.0907. The lowest BCUT2D eigenvalue weighted by molar-refractivity contribution is 0.0524. The zero-order valence-corrected chi connectivity index (χ0v) is 13.2. The van der Waals surface area contributed by atoms with Crippen molar-refractivity contribution >= 4 is 5.91 Å². The number of hydrogen-bond donors (Lipinski definition) is 0. The quantitative estimate of drug-likeness (QED) is 0.833. The summed E-state index contributed by atoms with van der Waals surface area (Å²) >= 11 is 0. The fourth-order valence-corrected chi connectivity index (χ4v) is 2.67. The molecule has 0 radical (unpaired) electrons. The first kappa shape index (κ1) is 15.3. The predicted octanol–water partition coefficient (Wildman–Crippen LogP) is 0.902. The van der Waals surface area contributed by atoms with E-state index in [9.17, 15) is 4.79 Å². The Morgan fingerprint density at radius 1 is 1.39 bits per heavy atom. The lowest BCUT2D eigenvalue weighted by Gasteiger charge is -2.32. The second kappa shape index (κ2) is 6.64. The first-order chi connectivity index (χ1) is 11.2. The van der Waals surface area contributed by atoms with Crippen LogP contribution in [0.4, 0.5) is 0 Å². The Labute approximate surface area is 134 Å². The van der Waals surface area contributed by atoms with E-state index < -0.39 is 0 Å². The molecule has 3 rings (SSSR count). The number of carbonyl (C=O) groups excluding carboxylic acids is 1. The molecule has 0 unspecified atom stereocenters. The van der Waals surface area contributed by atoms with E-state index in [4.69, 9.17) is 9.47 Å². The summed E-state index contributed by atoms with van der Waals surface area (Å²) in [4.78, 5) is 22.6. The Hall–Kier alpha value is -2.64. The lowest BCUT2D eigenvalue weighted by Crippen LogP contribution is -2.44. The van der Waals surface area contributed by atoms with Crippen molar-refractivity contribution in [2.45, 2.75) is 18.9 Å². The van der Waals surface area contributed by atoms with Crippen LogP contribution in [0.25, 0.3) is 0 Å². The first-order valence-electron chi connectivity index (χ1n) is 7.47. The normalized spacial score (nSPS) is 17.8. The van der Waals surface area contributed by atoms with Gasteiger partial charge in [-0.2, -0.15) is 0 Å². The van der Waals surface area contributed by atoms with Gasteiger partial charge in [0, 0.05) is 32.2 Å². The Morgan fingerprint density at radius 2 is 2.26 bits per heavy atom. The number of likely N-dealkylation sites (tertiary alicyclic amines) is 1. The molecule has 0 spiro atoms. The Balaban J connectivity index is 1.69. The van der Waals surface area contributed by atoms with E-state index in [1.54, 1.807) is 41.4 Å². The number of amides is 1. The predicted molar refractivity (Wildman–Crippen MR) is 81.3 cm³/mol. The number of piperidine rings is 1. The van der Waals surface area contributed by atoms with Gasteiger partial charge in [0.05, 0.1) is 19.9 Å². The van der Waals surface area contributed by atoms with Crippen molar-refractivity contribution in [3.8, 4) is 11.8 Å². The van der Waals surface area contributed by atoms with Crippen LogP contribution in [0.2, 0.25) is 0 Å². The van der Waals surface area contributed by atoms with Crippen LogP contribution < -0.4 is 9.47 Å². The van der Waals surface area contributed by atoms with Crippen LogP contribution >= 0.6 is 0 Å². The molecule has 0 aliphatic carbocycles. The zero-order valence-electron chi connectivity index (χ0n) is 13.2. The third-order valence-electron chi connectivity index (χ3n) is 3.71. The largest absolute Gasteiger partial charge is 0.479 e. The topological polar surface area (TPSA) is 82.4 Å². The number of ether oxygens (including phenoxy) is 2. The highest BCUT2D eigenvalue weighted by molar-refractivity contribution is 5.96. The van der Waals surface area contributed by atoms with Crippen molar-refractivity contribution in [2.24, 2.45) is 7.05 Å². The Bertz CT molecular complexity index is 673. The molecule has 1 saturated heterocycles. The number of aryl methyl sites for hydroxylation is 1. The molecule has 1 fully saturated rings. The highest BCUT2D eigenvalue weighted by Crippen LogP contribution is 2.21. The minimum Gasteiger partial charge on any atom is -0.479 e. The fraction of sp³-hybridized carbons (Fsp3) is 0.467. The summed E-state index contributed by atoms with van der Waals surface area (Å²) in [7, 11) is 3.27. The van der Waals surface area contributed by atoms with E-state index in [-0.39, 0.29) is 12.0 Å². The average molecular weight is 317 g/mol. The van der Waals surface area contributed by atoms with Crippen LogP contribution in [0.1, 0.15) is 23.2 Å². The van der Waals surface area contributed by atoms with Gasteiger partial charge in [-0.05, 0) is 12.8 Å². The molecule has 2 aromatic rings. The molecular weight excluding hydrogens is 298 g/mol. The van der Waals surface area contributed by atoms with Gasteiger partial charge < -0.3 is 14.4 Å². The van der Waals surface area contributed by atoms with Crippen LogP contribution in [-0.2, 0) is 7.05 Å². The number of methoxy groups -OCH3 is 1. The number of carbonyl (C=O) groups is 1. The molecule has 1 aliphatic heterocycles. The molecule has 0 saturated carbocycles. The summed E-state index contributed by atoms with van der Waals surface area (Å²) in [6.07, 6.45) is 8.09. The molecule has 8 nitrogen and oxygen atoms in total. The smallest absolute Gasteiger partial charge is 0.261 e. The Kier molecular flexibility index (Phi) is 4.40. The maximum Gasteiger partial charge on any atom is 0.261 e. The molecule has 122 valence electrons. The molecule has 3 heterocycles. The lowest BCUT2D eigenvalue weighted by atomic mass is 10.1. The number of rotatable bonds is 4. The summed E-state index contributed by atoms with van der Waals surface area (Å²) in [5.41, 5.74) is 0.468. The third-order valence-corrected chi connectivity index (χ3v) is 3.71. The minimum atomic E-state index is -0.0950. The van der Waals surface area contributed by atoms with E-state index >= 15 is 0 Å². The summed E-state index contributed by atoms with van der Waals surface area (Å²) < 4.78 is 12.6. The summed E-state index contributed by atoms with van der Waals surface area (Å²) in [6, 6.07) is 0. The molecule has 0 bridgehead atoms. The number of aromatic nitrogens is 4. The molecule has 0 N–H and O–H groups in total. The van der Waals surface area contributed by atoms with Crippen LogP contribution in [0.15, 0.2) is 24.8 Å². The van der Waals surface area contributed by atoms with Crippen LogP contribution in [0.3, 0.4) is 0 Å². The van der Waals surface area contributed by atoms with Gasteiger partial charge in [0.15, 0.2) is 0 Å². The van der Waals surface area contributed by atoms with Crippen LogP contribution in [0, 0.1) is 0 Å². The van der Waals surface area contributed by atoms with Crippen molar-refractivity contribution < 1.29 is 14.3 Å². The summed E-state index contributed by atoms with van der Waals surface area (Å²) in [5.74, 6) is 0.725. The van der Waals surface area contributed by atoms with Gasteiger partial charge in [-0.25, -0.2) is 4.98 Å². The van der Waals surface area contributed by atoms with E-state index in [1.165, 1.54) is 7.11 Å². The van der Waals surface area contributed by atoms with Crippen molar-refractivity contribution in [2.75, 3.05) is 20.2 Å². The van der Waals surface area contributed by atoms with Crippen LogP contribution in [0.5, 0.6) is 11.8 Å². The molecule has 1 aliphatic rings. The van der Waals surface area contributed by atoms with Gasteiger partial charge in [0.1, 0.15) is 11.7 Å². The summed E-state index contributed by atoms with van der Waals surface area (Å²) in [6.45, 7) is 1.20. The zero-order chi connectivity index (χ0) is 16.2. The highest BCUT2D eigenvalue weighted by Gasteiger charge is 2.28. The van der Waals surface area contributed by atoms with E-state index in [2.05, 4.69) is 15.1 Å². The molecule has 23 heavy (non-hydrogen) atoms. The monoisotopic (exact) mass is 317 g/mol. The maximum absolute atomic E-state index is 12.7. The second-order valence-corrected chi connectivity index (χ2v) is 5.40. The molecular formula is C15H19N5O3. The maximum atomic E-state index is 12.7. The molecule has 2 aromatic heterocycles. The van der Waals surface area contributed by atoms with Gasteiger partial charge in [-0.15, -0.1) is 5.10 Å². The third kappa shape index (κ3) is 3.41.